The Bertz CT molecular complexity index is 266. The molecule has 2 rings (SSSR count). The highest BCUT2D eigenvalue weighted by Gasteiger charge is 2.22. The van der Waals surface area contributed by atoms with Crippen molar-refractivity contribution in [2.45, 2.75) is 25.8 Å². The van der Waals surface area contributed by atoms with Crippen LogP contribution in [0.1, 0.15) is 19.8 Å². The number of hydrogen-bond acceptors (Lipinski definition) is 3. The van der Waals surface area contributed by atoms with Crippen molar-refractivity contribution in [2.75, 3.05) is 46.8 Å². The fourth-order valence-corrected chi connectivity index (χ4v) is 2.67. The molecule has 2 heterocycles. The topological polar surface area (TPSA) is 18.5 Å². The van der Waals surface area contributed by atoms with Crippen LogP contribution in [-0.4, -0.2) is 62.7 Å². The highest BCUT2D eigenvalue weighted by molar-refractivity contribution is 5.22. The second kappa shape index (κ2) is 5.30. The van der Waals surface area contributed by atoms with Crippen LogP contribution in [0, 0.1) is 0 Å². The summed E-state index contributed by atoms with van der Waals surface area (Å²) in [5.41, 5.74) is 3.20. The largest absolute Gasteiger partial charge is 0.309 e. The molecule has 3 nitrogen and oxygen atoms in total. The summed E-state index contributed by atoms with van der Waals surface area (Å²) < 4.78 is 0. The van der Waals surface area contributed by atoms with Gasteiger partial charge in [0.2, 0.25) is 0 Å². The average Bonchev–Trinajstić information content (AvgIpc) is 2.14. The van der Waals surface area contributed by atoms with Gasteiger partial charge in [-0.1, -0.05) is 5.57 Å². The molecule has 0 bridgehead atoms. The normalized spacial score (nSPS) is 27.0. The fourth-order valence-electron chi connectivity index (χ4n) is 2.67. The van der Waals surface area contributed by atoms with Gasteiger partial charge in [-0.05, 0) is 46.0 Å². The van der Waals surface area contributed by atoms with Crippen molar-refractivity contribution in [3.63, 3.8) is 0 Å². The molecule has 0 aliphatic carbocycles. The third kappa shape index (κ3) is 2.84. The Morgan fingerprint density at radius 2 is 2.25 bits per heavy atom. The first-order valence-corrected chi connectivity index (χ1v) is 6.44. The van der Waals surface area contributed by atoms with Crippen molar-refractivity contribution in [1.29, 1.82) is 0 Å². The molecule has 0 amide bonds. The van der Waals surface area contributed by atoms with E-state index in [2.05, 4.69) is 36.1 Å². The summed E-state index contributed by atoms with van der Waals surface area (Å²) in [6.45, 7) is 8.18. The molecule has 0 radical (unpaired) electrons. The summed E-state index contributed by atoms with van der Waals surface area (Å²) in [6.07, 6.45) is 2.71. The van der Waals surface area contributed by atoms with E-state index in [4.69, 9.17) is 0 Å². The summed E-state index contributed by atoms with van der Waals surface area (Å²) >= 11 is 0. The molecule has 0 aromatic carbocycles. The first-order chi connectivity index (χ1) is 7.66. The van der Waals surface area contributed by atoms with Gasteiger partial charge in [-0.3, -0.25) is 4.90 Å². The Hall–Kier alpha value is -0.380. The number of nitrogens with zero attached hydrogens (tertiary/aromatic N) is 2. The predicted molar refractivity (Wildman–Crippen MR) is 68.7 cm³/mol. The lowest BCUT2D eigenvalue weighted by molar-refractivity contribution is 0.142. The predicted octanol–water partition coefficient (Wildman–Crippen LogP) is 0.932. The lowest BCUT2D eigenvalue weighted by Gasteiger charge is -2.36. The van der Waals surface area contributed by atoms with Gasteiger partial charge >= 0.3 is 0 Å². The molecule has 0 spiro atoms. The minimum absolute atomic E-state index is 0.752. The van der Waals surface area contributed by atoms with E-state index >= 15 is 0 Å². The second-order valence-electron chi connectivity index (χ2n) is 5.46. The molecule has 0 aromatic rings. The van der Waals surface area contributed by atoms with Crippen LogP contribution in [0.2, 0.25) is 0 Å². The SMILES string of the molecule is CC(CN(C)C1CCCN(C)C1)=C1CNC1. The van der Waals surface area contributed by atoms with Crippen molar-refractivity contribution in [1.82, 2.24) is 15.1 Å². The number of likely N-dealkylation sites (tertiary alicyclic amines) is 1. The molecular formula is C13H25N3. The number of piperidine rings is 1. The van der Waals surface area contributed by atoms with Crippen LogP contribution in [0.15, 0.2) is 11.1 Å². The van der Waals surface area contributed by atoms with E-state index in [1.807, 2.05) is 0 Å². The minimum Gasteiger partial charge on any atom is -0.309 e. The Labute approximate surface area is 99.5 Å². The summed E-state index contributed by atoms with van der Waals surface area (Å²) in [5.74, 6) is 0. The average molecular weight is 223 g/mol. The van der Waals surface area contributed by atoms with E-state index in [9.17, 15) is 0 Å². The van der Waals surface area contributed by atoms with Crippen molar-refractivity contribution in [2.24, 2.45) is 0 Å². The van der Waals surface area contributed by atoms with Crippen LogP contribution in [0.4, 0.5) is 0 Å². The van der Waals surface area contributed by atoms with Crippen LogP contribution in [0.5, 0.6) is 0 Å². The maximum Gasteiger partial charge on any atom is 0.0223 e. The molecule has 1 atom stereocenters. The van der Waals surface area contributed by atoms with Crippen molar-refractivity contribution >= 4 is 0 Å². The van der Waals surface area contributed by atoms with Crippen molar-refractivity contribution < 1.29 is 0 Å². The van der Waals surface area contributed by atoms with Gasteiger partial charge < -0.3 is 10.2 Å². The highest BCUT2D eigenvalue weighted by Crippen LogP contribution is 2.16. The van der Waals surface area contributed by atoms with Crippen LogP contribution in [-0.2, 0) is 0 Å². The number of likely N-dealkylation sites (N-methyl/N-ethyl adjacent to an activating group) is 2. The summed E-state index contributed by atoms with van der Waals surface area (Å²) in [5, 5.41) is 3.32. The molecule has 16 heavy (non-hydrogen) atoms. The highest BCUT2D eigenvalue weighted by atomic mass is 15.2. The lowest BCUT2D eigenvalue weighted by Crippen LogP contribution is -2.46. The third-order valence-corrected chi connectivity index (χ3v) is 3.99. The minimum atomic E-state index is 0.752. The Kier molecular flexibility index (Phi) is 4.00. The molecule has 2 aliphatic heterocycles. The molecule has 2 fully saturated rings. The van der Waals surface area contributed by atoms with Crippen LogP contribution < -0.4 is 5.32 Å². The quantitative estimate of drug-likeness (QED) is 0.718. The van der Waals surface area contributed by atoms with Gasteiger partial charge in [0, 0.05) is 32.2 Å². The van der Waals surface area contributed by atoms with Crippen molar-refractivity contribution in [3.05, 3.63) is 11.1 Å². The Morgan fingerprint density at radius 3 is 2.81 bits per heavy atom. The number of nitrogens with one attached hydrogen (secondary N) is 1. The summed E-state index contributed by atoms with van der Waals surface area (Å²) in [4.78, 5) is 4.99. The standard InChI is InChI=1S/C13H25N3/c1-11(12-7-14-8-12)9-16(3)13-5-4-6-15(2)10-13/h13-14H,4-10H2,1-3H3. The van der Waals surface area contributed by atoms with E-state index in [1.165, 1.54) is 25.9 Å². The molecule has 0 aromatic heterocycles. The Morgan fingerprint density at radius 1 is 1.50 bits per heavy atom. The monoisotopic (exact) mass is 223 g/mol. The summed E-state index contributed by atoms with van der Waals surface area (Å²) in [7, 11) is 4.52. The lowest BCUT2D eigenvalue weighted by atomic mass is 10.0. The van der Waals surface area contributed by atoms with E-state index in [1.54, 1.807) is 11.1 Å². The molecule has 3 heteroatoms. The van der Waals surface area contributed by atoms with E-state index in [0.717, 1.165) is 25.7 Å². The van der Waals surface area contributed by atoms with Crippen LogP contribution in [0.3, 0.4) is 0 Å². The Balaban J connectivity index is 1.84. The van der Waals surface area contributed by atoms with Gasteiger partial charge in [0.15, 0.2) is 0 Å². The van der Waals surface area contributed by atoms with E-state index in [-0.39, 0.29) is 0 Å². The van der Waals surface area contributed by atoms with Gasteiger partial charge in [0.05, 0.1) is 0 Å². The zero-order valence-electron chi connectivity index (χ0n) is 10.9. The van der Waals surface area contributed by atoms with Gasteiger partial charge in [0.25, 0.3) is 0 Å². The molecule has 2 saturated heterocycles. The van der Waals surface area contributed by atoms with E-state index in [0.29, 0.717) is 0 Å². The summed E-state index contributed by atoms with van der Waals surface area (Å²) in [6, 6.07) is 0.752. The second-order valence-corrected chi connectivity index (χ2v) is 5.46. The molecule has 0 saturated carbocycles. The van der Waals surface area contributed by atoms with E-state index < -0.39 is 0 Å². The first-order valence-electron chi connectivity index (χ1n) is 6.44. The smallest absolute Gasteiger partial charge is 0.0223 e. The van der Waals surface area contributed by atoms with Gasteiger partial charge in [-0.2, -0.15) is 0 Å². The zero-order valence-corrected chi connectivity index (χ0v) is 10.9. The molecule has 2 aliphatic rings. The first kappa shape index (κ1) is 12.1. The van der Waals surface area contributed by atoms with Gasteiger partial charge in [-0.25, -0.2) is 0 Å². The van der Waals surface area contributed by atoms with Crippen molar-refractivity contribution in [3.8, 4) is 0 Å². The third-order valence-electron chi connectivity index (χ3n) is 3.99. The van der Waals surface area contributed by atoms with Gasteiger partial charge in [-0.15, -0.1) is 0 Å². The van der Waals surface area contributed by atoms with Gasteiger partial charge in [0.1, 0.15) is 0 Å². The number of rotatable bonds is 3. The molecular weight excluding hydrogens is 198 g/mol. The fraction of sp³-hybridized carbons (Fsp3) is 0.846. The molecule has 92 valence electrons. The molecule has 1 N–H and O–H groups in total. The maximum absolute atomic E-state index is 3.32. The van der Waals surface area contributed by atoms with Crippen LogP contribution >= 0.6 is 0 Å². The zero-order chi connectivity index (χ0) is 11.5. The van der Waals surface area contributed by atoms with Crippen LogP contribution in [0.25, 0.3) is 0 Å². The molecule has 1 unspecified atom stereocenters. The number of hydrogen-bond donors (Lipinski definition) is 1. The maximum atomic E-state index is 3.32.